The van der Waals surface area contributed by atoms with Crippen molar-refractivity contribution in [3.05, 3.63) is 32.0 Å². The number of amides is 2. The van der Waals surface area contributed by atoms with Crippen LogP contribution in [0.3, 0.4) is 0 Å². The summed E-state index contributed by atoms with van der Waals surface area (Å²) in [6.45, 7) is 6.72. The van der Waals surface area contributed by atoms with E-state index in [-0.39, 0.29) is 12.0 Å². The highest BCUT2D eigenvalue weighted by atomic mass is 32.1. The second-order valence-corrected chi connectivity index (χ2v) is 11.4. The number of piperidine rings is 1. The van der Waals surface area contributed by atoms with Crippen LogP contribution >= 0.6 is 22.7 Å². The van der Waals surface area contributed by atoms with Crippen LogP contribution in [0.2, 0.25) is 0 Å². The van der Waals surface area contributed by atoms with Gasteiger partial charge in [0.1, 0.15) is 5.00 Å². The zero-order chi connectivity index (χ0) is 23.5. The third-order valence-corrected chi connectivity index (χ3v) is 9.51. The van der Waals surface area contributed by atoms with Gasteiger partial charge in [0.15, 0.2) is 0 Å². The Labute approximate surface area is 209 Å². The van der Waals surface area contributed by atoms with Crippen LogP contribution in [0.4, 0.5) is 14.8 Å². The van der Waals surface area contributed by atoms with E-state index in [1.165, 1.54) is 56.5 Å². The van der Waals surface area contributed by atoms with E-state index < -0.39 is 0 Å². The van der Waals surface area contributed by atoms with E-state index in [2.05, 4.69) is 20.9 Å². The molecule has 9 heteroatoms. The summed E-state index contributed by atoms with van der Waals surface area (Å²) in [6.07, 6.45) is 8.79. The average molecular weight is 503 g/mol. The molecule has 2 aromatic rings. The number of esters is 1. The highest BCUT2D eigenvalue weighted by Gasteiger charge is 2.28. The zero-order valence-electron chi connectivity index (χ0n) is 19.9. The Hall–Kier alpha value is -2.10. The predicted octanol–water partition coefficient (Wildman–Crippen LogP) is 4.82. The van der Waals surface area contributed by atoms with Crippen molar-refractivity contribution in [3.8, 4) is 0 Å². The van der Waals surface area contributed by atoms with Gasteiger partial charge in [-0.3, -0.25) is 5.32 Å². The molecule has 1 fully saturated rings. The lowest BCUT2D eigenvalue weighted by Gasteiger charge is -2.28. The SMILES string of the molecule is CCOC(=O)c1c(NC(=O)NCc2c(N3CCCCC3)sc3c2CCNC3)sc2c1CCCC2. The van der Waals surface area contributed by atoms with E-state index in [4.69, 9.17) is 4.74 Å². The third kappa shape index (κ3) is 4.83. The van der Waals surface area contributed by atoms with Crippen LogP contribution in [0.15, 0.2) is 0 Å². The number of urea groups is 1. The molecule has 0 atom stereocenters. The Morgan fingerprint density at radius 1 is 1.00 bits per heavy atom. The minimum atomic E-state index is -0.330. The second-order valence-electron chi connectivity index (χ2n) is 9.21. The number of nitrogens with one attached hydrogen (secondary N) is 3. The first-order valence-electron chi connectivity index (χ1n) is 12.6. The molecule has 34 heavy (non-hydrogen) atoms. The van der Waals surface area contributed by atoms with Gasteiger partial charge in [-0.05, 0) is 76.0 Å². The number of thiophene rings is 2. The molecule has 4 heterocycles. The Morgan fingerprint density at radius 2 is 1.82 bits per heavy atom. The fourth-order valence-electron chi connectivity index (χ4n) is 5.31. The summed E-state index contributed by atoms with van der Waals surface area (Å²) in [6, 6.07) is -0.261. The topological polar surface area (TPSA) is 82.7 Å². The minimum Gasteiger partial charge on any atom is -0.462 e. The fourth-order valence-corrected chi connectivity index (χ4v) is 7.97. The molecule has 0 radical (unpaired) electrons. The van der Waals surface area contributed by atoms with Gasteiger partial charge in [0, 0.05) is 41.5 Å². The number of carbonyl (C=O) groups excluding carboxylic acids is 2. The lowest BCUT2D eigenvalue weighted by molar-refractivity contribution is 0.0526. The minimum absolute atomic E-state index is 0.261. The van der Waals surface area contributed by atoms with E-state index in [0.717, 1.165) is 63.8 Å². The van der Waals surface area contributed by atoms with Gasteiger partial charge in [-0.2, -0.15) is 0 Å². The first-order chi connectivity index (χ1) is 16.7. The van der Waals surface area contributed by atoms with E-state index in [1.54, 1.807) is 0 Å². The molecule has 2 aliphatic heterocycles. The van der Waals surface area contributed by atoms with Gasteiger partial charge in [-0.1, -0.05) is 0 Å². The summed E-state index contributed by atoms with van der Waals surface area (Å²) >= 11 is 3.42. The second kappa shape index (κ2) is 10.7. The summed E-state index contributed by atoms with van der Waals surface area (Å²) in [5.74, 6) is -0.330. The van der Waals surface area contributed by atoms with Gasteiger partial charge in [0.2, 0.25) is 0 Å². The van der Waals surface area contributed by atoms with Crippen molar-refractivity contribution in [1.82, 2.24) is 10.6 Å². The molecule has 7 nitrogen and oxygen atoms in total. The van der Waals surface area contributed by atoms with Crippen LogP contribution in [-0.4, -0.2) is 38.2 Å². The van der Waals surface area contributed by atoms with Crippen molar-refractivity contribution in [3.63, 3.8) is 0 Å². The molecule has 0 spiro atoms. The van der Waals surface area contributed by atoms with Gasteiger partial charge < -0.3 is 20.3 Å². The lowest BCUT2D eigenvalue weighted by atomic mass is 9.95. The van der Waals surface area contributed by atoms with E-state index in [1.807, 2.05) is 18.3 Å². The van der Waals surface area contributed by atoms with Crippen molar-refractivity contribution < 1.29 is 14.3 Å². The summed E-state index contributed by atoms with van der Waals surface area (Å²) in [5.41, 5.74) is 4.31. The number of carbonyl (C=O) groups is 2. The Bertz CT molecular complexity index is 1060. The zero-order valence-corrected chi connectivity index (χ0v) is 21.5. The number of hydrogen-bond acceptors (Lipinski definition) is 7. The molecule has 184 valence electrons. The van der Waals surface area contributed by atoms with Gasteiger partial charge in [0.05, 0.1) is 17.2 Å². The van der Waals surface area contributed by atoms with Crippen molar-refractivity contribution in [2.75, 3.05) is 36.5 Å². The number of nitrogens with zero attached hydrogens (tertiary/aromatic N) is 1. The Balaban J connectivity index is 1.33. The Morgan fingerprint density at radius 3 is 2.65 bits per heavy atom. The summed E-state index contributed by atoms with van der Waals surface area (Å²) in [5, 5.41) is 11.5. The molecule has 3 N–H and O–H groups in total. The number of aryl methyl sites for hydroxylation is 1. The number of fused-ring (bicyclic) bond motifs is 2. The first-order valence-corrected chi connectivity index (χ1v) is 14.2. The highest BCUT2D eigenvalue weighted by Crippen LogP contribution is 2.40. The average Bonchev–Trinajstić information content (AvgIpc) is 3.41. The van der Waals surface area contributed by atoms with Gasteiger partial charge in [-0.25, -0.2) is 9.59 Å². The molecule has 5 rings (SSSR count). The molecular weight excluding hydrogens is 468 g/mol. The summed E-state index contributed by atoms with van der Waals surface area (Å²) in [7, 11) is 0. The third-order valence-electron chi connectivity index (χ3n) is 6.96. The standard InChI is InChI=1S/C25H34N4O3S2/c1-2-32-24(30)21-17-8-4-5-9-19(17)33-22(21)28-25(31)27-14-18-16-10-11-26-15-20(16)34-23(18)29-12-6-3-7-13-29/h26H,2-15H2,1H3,(H2,27,28,31). The lowest BCUT2D eigenvalue weighted by Crippen LogP contribution is -2.32. The maximum absolute atomic E-state index is 13.0. The van der Waals surface area contributed by atoms with Crippen molar-refractivity contribution in [1.29, 1.82) is 0 Å². The molecule has 3 aliphatic rings. The maximum Gasteiger partial charge on any atom is 0.341 e. The van der Waals surface area contributed by atoms with Crippen LogP contribution in [0.5, 0.6) is 0 Å². The molecule has 0 saturated carbocycles. The van der Waals surface area contributed by atoms with E-state index in [0.29, 0.717) is 23.7 Å². The molecule has 0 aromatic carbocycles. The molecule has 1 saturated heterocycles. The number of anilines is 2. The number of hydrogen-bond donors (Lipinski definition) is 3. The van der Waals surface area contributed by atoms with Crippen molar-refractivity contribution in [2.45, 2.75) is 71.4 Å². The summed E-state index contributed by atoms with van der Waals surface area (Å²) in [4.78, 5) is 30.8. The Kier molecular flexibility index (Phi) is 7.41. The smallest absolute Gasteiger partial charge is 0.341 e. The van der Waals surface area contributed by atoms with Crippen LogP contribution in [0.25, 0.3) is 0 Å². The van der Waals surface area contributed by atoms with Gasteiger partial charge >= 0.3 is 12.0 Å². The summed E-state index contributed by atoms with van der Waals surface area (Å²) < 4.78 is 5.32. The van der Waals surface area contributed by atoms with Crippen molar-refractivity contribution in [2.24, 2.45) is 0 Å². The highest BCUT2D eigenvalue weighted by molar-refractivity contribution is 7.17. The number of rotatable bonds is 6. The maximum atomic E-state index is 13.0. The number of ether oxygens (including phenoxy) is 1. The molecule has 0 bridgehead atoms. The van der Waals surface area contributed by atoms with Gasteiger partial charge in [-0.15, -0.1) is 22.7 Å². The van der Waals surface area contributed by atoms with E-state index >= 15 is 0 Å². The largest absolute Gasteiger partial charge is 0.462 e. The monoisotopic (exact) mass is 502 g/mol. The van der Waals surface area contributed by atoms with Crippen LogP contribution < -0.4 is 20.9 Å². The predicted molar refractivity (Wildman–Crippen MR) is 139 cm³/mol. The molecule has 2 amide bonds. The normalized spacial score (nSPS) is 17.6. The van der Waals surface area contributed by atoms with Crippen LogP contribution in [0.1, 0.15) is 75.8 Å². The molecule has 1 aliphatic carbocycles. The van der Waals surface area contributed by atoms with Crippen LogP contribution in [0, 0.1) is 0 Å². The molecule has 0 unspecified atom stereocenters. The first kappa shape index (κ1) is 23.6. The fraction of sp³-hybridized carbons (Fsp3) is 0.600. The quantitative estimate of drug-likeness (QED) is 0.493. The molecular formula is C25H34N4O3S2. The van der Waals surface area contributed by atoms with Gasteiger partial charge in [0.25, 0.3) is 0 Å². The van der Waals surface area contributed by atoms with Crippen molar-refractivity contribution >= 4 is 44.7 Å². The van der Waals surface area contributed by atoms with Crippen LogP contribution in [-0.2, 0) is 37.1 Å². The molecule has 2 aromatic heterocycles. The van der Waals surface area contributed by atoms with E-state index in [9.17, 15) is 9.59 Å².